The number of sulfonamides is 1. The van der Waals surface area contributed by atoms with Crippen LogP contribution >= 0.6 is 11.6 Å². The molecule has 2 aliphatic rings. The summed E-state index contributed by atoms with van der Waals surface area (Å²) in [6, 6.07) is 3.40. The molecule has 1 unspecified atom stereocenters. The summed E-state index contributed by atoms with van der Waals surface area (Å²) in [6.07, 6.45) is 0.706. The molecular weight excluding hydrogens is 495 g/mol. The second kappa shape index (κ2) is 9.04. The Morgan fingerprint density at radius 1 is 1.26 bits per heavy atom. The number of hydrogen-bond donors (Lipinski definition) is 1. The molecule has 186 valence electrons. The highest BCUT2D eigenvalue weighted by Crippen LogP contribution is 2.41. The fourth-order valence-corrected chi connectivity index (χ4v) is 5.72. The molecule has 1 amide bonds. The van der Waals surface area contributed by atoms with Gasteiger partial charge < -0.3 is 4.90 Å². The van der Waals surface area contributed by atoms with Gasteiger partial charge in [-0.2, -0.15) is 23.0 Å². The SMILES string of the molecule is CN(Cc1cc(Cl)ccc1C(F)(F)F)[C@H]1CC2CN(C(=O)n3cc(NS(C)(=O)=O)cn3)C[C@@H]2C1. The van der Waals surface area contributed by atoms with E-state index in [1.807, 2.05) is 11.9 Å². The number of hydrogen-bond acceptors (Lipinski definition) is 5. The number of anilines is 1. The lowest BCUT2D eigenvalue weighted by Crippen LogP contribution is -2.36. The quantitative estimate of drug-likeness (QED) is 0.650. The monoisotopic (exact) mass is 519 g/mol. The van der Waals surface area contributed by atoms with Gasteiger partial charge in [-0.25, -0.2) is 13.2 Å². The second-order valence-electron chi connectivity index (χ2n) is 9.10. The van der Waals surface area contributed by atoms with Gasteiger partial charge in [0.1, 0.15) is 0 Å². The van der Waals surface area contributed by atoms with E-state index in [1.54, 1.807) is 4.90 Å². The van der Waals surface area contributed by atoms with Crippen molar-refractivity contribution in [1.82, 2.24) is 19.6 Å². The number of benzene rings is 1. The Kier molecular flexibility index (Phi) is 6.60. The number of amides is 1. The molecule has 1 aliphatic heterocycles. The average Bonchev–Trinajstić information content (AvgIpc) is 3.39. The zero-order chi connectivity index (χ0) is 24.8. The minimum atomic E-state index is -4.45. The molecule has 3 atom stereocenters. The molecule has 13 heteroatoms. The van der Waals surface area contributed by atoms with Crippen molar-refractivity contribution in [3.05, 3.63) is 46.7 Å². The number of carbonyl (C=O) groups excluding carboxylic acids is 1. The first-order valence-corrected chi connectivity index (χ1v) is 12.9. The van der Waals surface area contributed by atoms with Crippen molar-refractivity contribution < 1.29 is 26.4 Å². The molecule has 0 spiro atoms. The molecule has 2 fully saturated rings. The molecular formula is C21H25ClF3N5O3S. The lowest BCUT2D eigenvalue weighted by Gasteiger charge is -2.27. The normalized spacial score (nSPS) is 22.9. The Morgan fingerprint density at radius 2 is 1.91 bits per heavy atom. The molecule has 1 aromatic heterocycles. The first kappa shape index (κ1) is 24.8. The van der Waals surface area contributed by atoms with Crippen molar-refractivity contribution in [3.8, 4) is 0 Å². The van der Waals surface area contributed by atoms with Crippen molar-refractivity contribution in [2.45, 2.75) is 31.6 Å². The van der Waals surface area contributed by atoms with Gasteiger partial charge in [0.05, 0.1) is 29.9 Å². The lowest BCUT2D eigenvalue weighted by atomic mass is 10.0. The smallest absolute Gasteiger partial charge is 0.322 e. The number of alkyl halides is 3. The largest absolute Gasteiger partial charge is 0.416 e. The predicted molar refractivity (Wildman–Crippen MR) is 121 cm³/mol. The van der Waals surface area contributed by atoms with Crippen LogP contribution in [0.1, 0.15) is 24.0 Å². The molecule has 0 bridgehead atoms. The molecule has 1 aliphatic carbocycles. The van der Waals surface area contributed by atoms with Crippen LogP contribution in [0.25, 0.3) is 0 Å². The van der Waals surface area contributed by atoms with Gasteiger partial charge in [-0.1, -0.05) is 11.6 Å². The van der Waals surface area contributed by atoms with Crippen LogP contribution in [0.2, 0.25) is 5.02 Å². The van der Waals surface area contributed by atoms with E-state index in [0.29, 0.717) is 13.1 Å². The number of aromatic nitrogens is 2. The van der Waals surface area contributed by atoms with Gasteiger partial charge in [-0.3, -0.25) is 9.62 Å². The van der Waals surface area contributed by atoms with Crippen molar-refractivity contribution in [3.63, 3.8) is 0 Å². The number of rotatable bonds is 5. The summed E-state index contributed by atoms with van der Waals surface area (Å²) < 4.78 is 66.3. The van der Waals surface area contributed by atoms with E-state index in [9.17, 15) is 26.4 Å². The molecule has 1 saturated heterocycles. The molecule has 0 radical (unpaired) electrons. The van der Waals surface area contributed by atoms with Gasteiger partial charge in [0.25, 0.3) is 0 Å². The fourth-order valence-electron chi connectivity index (χ4n) is 4.99. The number of halogens is 4. The maximum Gasteiger partial charge on any atom is 0.416 e. The molecule has 1 saturated carbocycles. The first-order chi connectivity index (χ1) is 15.8. The zero-order valence-corrected chi connectivity index (χ0v) is 20.2. The van der Waals surface area contributed by atoms with E-state index in [-0.39, 0.29) is 46.7 Å². The Bertz CT molecular complexity index is 1170. The highest BCUT2D eigenvalue weighted by atomic mass is 35.5. The van der Waals surface area contributed by atoms with Gasteiger partial charge >= 0.3 is 12.2 Å². The Balaban J connectivity index is 1.36. The standard InChI is InChI=1S/C21H25ClF3N5O3S/c1-28(9-15-5-16(22)3-4-19(15)21(23,24)25)18-6-13-10-29(11-14(13)7-18)20(31)30-12-17(8-26-30)27-34(2,32)33/h3-5,8,12-14,18,27H,6-7,9-11H2,1-2H3/t13-,14?,18+/m0/s1. The van der Waals surface area contributed by atoms with Crippen LogP contribution in [0.5, 0.6) is 0 Å². The number of fused-ring (bicyclic) bond motifs is 1. The van der Waals surface area contributed by atoms with Crippen molar-refractivity contribution >= 4 is 33.3 Å². The van der Waals surface area contributed by atoms with E-state index in [2.05, 4.69) is 9.82 Å². The minimum Gasteiger partial charge on any atom is -0.322 e. The summed E-state index contributed by atoms with van der Waals surface area (Å²) in [5.41, 5.74) is -0.326. The van der Waals surface area contributed by atoms with Crippen LogP contribution < -0.4 is 4.72 Å². The van der Waals surface area contributed by atoms with Crippen LogP contribution in [0.15, 0.2) is 30.6 Å². The zero-order valence-electron chi connectivity index (χ0n) is 18.6. The third kappa shape index (κ3) is 5.49. The van der Waals surface area contributed by atoms with Crippen LogP contribution in [-0.4, -0.2) is 66.5 Å². The Morgan fingerprint density at radius 3 is 2.50 bits per heavy atom. The van der Waals surface area contributed by atoms with E-state index in [1.165, 1.54) is 24.5 Å². The van der Waals surface area contributed by atoms with Crippen LogP contribution in [0.3, 0.4) is 0 Å². The molecule has 8 nitrogen and oxygen atoms in total. The van der Waals surface area contributed by atoms with Gasteiger partial charge in [-0.15, -0.1) is 0 Å². The number of carbonyl (C=O) groups is 1. The molecule has 4 rings (SSSR count). The number of nitrogens with one attached hydrogen (secondary N) is 1. The molecule has 2 aromatic rings. The Labute approximate surface area is 200 Å². The summed E-state index contributed by atoms with van der Waals surface area (Å²) >= 11 is 5.95. The summed E-state index contributed by atoms with van der Waals surface area (Å²) in [5, 5.41) is 4.22. The number of likely N-dealkylation sites (tertiary alicyclic amines) is 1. The van der Waals surface area contributed by atoms with E-state index in [0.717, 1.165) is 29.8 Å². The van der Waals surface area contributed by atoms with Gasteiger partial charge in [0.2, 0.25) is 10.0 Å². The van der Waals surface area contributed by atoms with Crippen LogP contribution in [-0.2, 0) is 22.7 Å². The van der Waals surface area contributed by atoms with Crippen LogP contribution in [0.4, 0.5) is 23.7 Å². The van der Waals surface area contributed by atoms with E-state index >= 15 is 0 Å². The third-order valence-electron chi connectivity index (χ3n) is 6.49. The summed E-state index contributed by atoms with van der Waals surface area (Å²) in [4.78, 5) is 16.4. The summed E-state index contributed by atoms with van der Waals surface area (Å²) in [5.74, 6) is 0.476. The molecule has 2 heterocycles. The second-order valence-corrected chi connectivity index (χ2v) is 11.3. The maximum absolute atomic E-state index is 13.4. The fraction of sp³-hybridized carbons (Fsp3) is 0.524. The molecule has 1 N–H and O–H groups in total. The average molecular weight is 520 g/mol. The number of nitrogens with zero attached hydrogens (tertiary/aromatic N) is 4. The van der Waals surface area contributed by atoms with Gasteiger partial charge in [0.15, 0.2) is 0 Å². The lowest BCUT2D eigenvalue weighted by molar-refractivity contribution is -0.138. The molecule has 1 aromatic carbocycles. The van der Waals surface area contributed by atoms with Gasteiger partial charge in [0, 0.05) is 30.7 Å². The molecule has 34 heavy (non-hydrogen) atoms. The van der Waals surface area contributed by atoms with E-state index < -0.39 is 21.8 Å². The minimum absolute atomic E-state index is 0.0996. The van der Waals surface area contributed by atoms with E-state index in [4.69, 9.17) is 11.6 Å². The van der Waals surface area contributed by atoms with Gasteiger partial charge in [-0.05, 0) is 55.5 Å². The maximum atomic E-state index is 13.4. The third-order valence-corrected chi connectivity index (χ3v) is 7.34. The van der Waals surface area contributed by atoms with Crippen molar-refractivity contribution in [2.75, 3.05) is 31.1 Å². The topological polar surface area (TPSA) is 87.5 Å². The highest BCUT2D eigenvalue weighted by Gasteiger charge is 2.44. The highest BCUT2D eigenvalue weighted by molar-refractivity contribution is 7.92. The summed E-state index contributed by atoms with van der Waals surface area (Å²) in [7, 11) is -1.66. The van der Waals surface area contributed by atoms with Crippen LogP contribution in [0, 0.1) is 11.8 Å². The van der Waals surface area contributed by atoms with Crippen molar-refractivity contribution in [2.24, 2.45) is 11.8 Å². The van der Waals surface area contributed by atoms with Crippen molar-refractivity contribution in [1.29, 1.82) is 0 Å². The summed E-state index contributed by atoms with van der Waals surface area (Å²) in [6.45, 7) is 1.17. The Hall–Kier alpha value is -2.31. The first-order valence-electron chi connectivity index (χ1n) is 10.7. The predicted octanol–water partition coefficient (Wildman–Crippen LogP) is 3.74.